The summed E-state index contributed by atoms with van der Waals surface area (Å²) in [7, 11) is 0. The SMILES string of the molecule is N#Cc1ccccc1-c1ccc(N)cc1N. The lowest BCUT2D eigenvalue weighted by atomic mass is 9.99. The molecule has 0 spiro atoms. The van der Waals surface area contributed by atoms with Crippen molar-refractivity contribution in [2.45, 2.75) is 0 Å². The van der Waals surface area contributed by atoms with Crippen LogP contribution in [0.5, 0.6) is 0 Å². The molecule has 2 aromatic rings. The minimum Gasteiger partial charge on any atom is -0.399 e. The Bertz CT molecular complexity index is 568. The molecule has 0 saturated carbocycles. The van der Waals surface area contributed by atoms with Crippen molar-refractivity contribution in [2.75, 3.05) is 11.5 Å². The van der Waals surface area contributed by atoms with Crippen molar-refractivity contribution in [3.8, 4) is 17.2 Å². The van der Waals surface area contributed by atoms with Crippen LogP contribution in [0.2, 0.25) is 0 Å². The van der Waals surface area contributed by atoms with Crippen LogP contribution in [0.25, 0.3) is 11.1 Å². The summed E-state index contributed by atoms with van der Waals surface area (Å²) in [5.41, 5.74) is 15.0. The zero-order valence-corrected chi connectivity index (χ0v) is 8.64. The summed E-state index contributed by atoms with van der Waals surface area (Å²) in [6, 6.07) is 14.8. The number of nitrogens with two attached hydrogens (primary N) is 2. The van der Waals surface area contributed by atoms with Gasteiger partial charge in [-0.3, -0.25) is 0 Å². The van der Waals surface area contributed by atoms with Gasteiger partial charge in [0.05, 0.1) is 11.6 Å². The maximum atomic E-state index is 9.01. The van der Waals surface area contributed by atoms with Gasteiger partial charge in [0.1, 0.15) is 0 Å². The summed E-state index contributed by atoms with van der Waals surface area (Å²) in [6.45, 7) is 0. The fourth-order valence-electron chi connectivity index (χ4n) is 1.64. The highest BCUT2D eigenvalue weighted by Crippen LogP contribution is 2.29. The third kappa shape index (κ3) is 1.69. The Labute approximate surface area is 93.9 Å². The normalized spacial score (nSPS) is 9.69. The minimum atomic E-state index is 0.586. The van der Waals surface area contributed by atoms with E-state index in [1.54, 1.807) is 18.2 Å². The number of nitriles is 1. The third-order valence-electron chi connectivity index (χ3n) is 2.41. The summed E-state index contributed by atoms with van der Waals surface area (Å²) in [6.07, 6.45) is 0. The molecule has 0 amide bonds. The highest BCUT2D eigenvalue weighted by Gasteiger charge is 2.07. The molecule has 0 aliphatic rings. The number of hydrogen-bond donors (Lipinski definition) is 2. The molecule has 0 radical (unpaired) electrons. The lowest BCUT2D eigenvalue weighted by molar-refractivity contribution is 1.48. The van der Waals surface area contributed by atoms with Gasteiger partial charge in [-0.15, -0.1) is 0 Å². The van der Waals surface area contributed by atoms with Crippen LogP contribution in [0.3, 0.4) is 0 Å². The smallest absolute Gasteiger partial charge is 0.0998 e. The molecule has 3 heteroatoms. The van der Waals surface area contributed by atoms with Crippen molar-refractivity contribution in [3.63, 3.8) is 0 Å². The Morgan fingerprint density at radius 1 is 0.938 bits per heavy atom. The van der Waals surface area contributed by atoms with Crippen molar-refractivity contribution < 1.29 is 0 Å². The van der Waals surface area contributed by atoms with Crippen molar-refractivity contribution in [1.82, 2.24) is 0 Å². The van der Waals surface area contributed by atoms with Gasteiger partial charge in [0.2, 0.25) is 0 Å². The molecule has 0 bridgehead atoms. The molecule has 16 heavy (non-hydrogen) atoms. The van der Waals surface area contributed by atoms with Crippen molar-refractivity contribution in [3.05, 3.63) is 48.0 Å². The van der Waals surface area contributed by atoms with Crippen molar-refractivity contribution >= 4 is 11.4 Å². The number of benzene rings is 2. The lowest BCUT2D eigenvalue weighted by Gasteiger charge is -2.08. The second kappa shape index (κ2) is 3.95. The van der Waals surface area contributed by atoms with E-state index in [1.165, 1.54) is 0 Å². The molecule has 0 heterocycles. The fourth-order valence-corrected chi connectivity index (χ4v) is 1.64. The van der Waals surface area contributed by atoms with Gasteiger partial charge in [0, 0.05) is 22.5 Å². The first-order valence-electron chi connectivity index (χ1n) is 4.87. The summed E-state index contributed by atoms with van der Waals surface area (Å²) in [5.74, 6) is 0. The van der Waals surface area contributed by atoms with Gasteiger partial charge in [0.25, 0.3) is 0 Å². The largest absolute Gasteiger partial charge is 0.399 e. The first-order chi connectivity index (χ1) is 7.72. The van der Waals surface area contributed by atoms with Gasteiger partial charge in [-0.25, -0.2) is 0 Å². The Morgan fingerprint density at radius 3 is 2.38 bits per heavy atom. The van der Waals surface area contributed by atoms with Crippen LogP contribution in [0.4, 0.5) is 11.4 Å². The van der Waals surface area contributed by atoms with E-state index in [-0.39, 0.29) is 0 Å². The van der Waals surface area contributed by atoms with Gasteiger partial charge in [-0.1, -0.05) is 24.3 Å². The van der Waals surface area contributed by atoms with Crippen molar-refractivity contribution in [1.29, 1.82) is 5.26 Å². The topological polar surface area (TPSA) is 75.8 Å². The Kier molecular flexibility index (Phi) is 2.49. The molecule has 2 rings (SSSR count). The van der Waals surface area contributed by atoms with Crippen LogP contribution < -0.4 is 11.5 Å². The van der Waals surface area contributed by atoms with Crippen molar-refractivity contribution in [2.24, 2.45) is 0 Å². The average Bonchev–Trinajstić information content (AvgIpc) is 2.29. The van der Waals surface area contributed by atoms with Gasteiger partial charge >= 0.3 is 0 Å². The summed E-state index contributed by atoms with van der Waals surface area (Å²) >= 11 is 0. The van der Waals surface area contributed by atoms with E-state index < -0.39 is 0 Å². The molecule has 3 nitrogen and oxygen atoms in total. The zero-order chi connectivity index (χ0) is 11.5. The molecule has 0 aromatic heterocycles. The second-order valence-corrected chi connectivity index (χ2v) is 3.50. The molecule has 2 aromatic carbocycles. The fraction of sp³-hybridized carbons (Fsp3) is 0. The van der Waals surface area contributed by atoms with E-state index >= 15 is 0 Å². The Balaban J connectivity index is 2.64. The van der Waals surface area contributed by atoms with E-state index in [2.05, 4.69) is 6.07 Å². The van der Waals surface area contributed by atoms with Gasteiger partial charge in [-0.05, 0) is 18.2 Å². The first-order valence-corrected chi connectivity index (χ1v) is 4.87. The van der Waals surface area contributed by atoms with Crippen LogP contribution >= 0.6 is 0 Å². The zero-order valence-electron chi connectivity index (χ0n) is 8.64. The summed E-state index contributed by atoms with van der Waals surface area (Å²) < 4.78 is 0. The molecule has 78 valence electrons. The predicted molar refractivity (Wildman–Crippen MR) is 65.4 cm³/mol. The molecule has 0 unspecified atom stereocenters. The number of nitrogen functional groups attached to an aromatic ring is 2. The molecule has 0 fully saturated rings. The summed E-state index contributed by atoms with van der Waals surface area (Å²) in [4.78, 5) is 0. The Morgan fingerprint density at radius 2 is 1.69 bits per heavy atom. The molecule has 4 N–H and O–H groups in total. The Hall–Kier alpha value is -2.47. The molecule has 0 atom stereocenters. The van der Waals surface area contributed by atoms with Gasteiger partial charge < -0.3 is 11.5 Å². The molecule has 0 saturated heterocycles. The number of rotatable bonds is 1. The maximum Gasteiger partial charge on any atom is 0.0998 e. The second-order valence-electron chi connectivity index (χ2n) is 3.50. The predicted octanol–water partition coefficient (Wildman–Crippen LogP) is 2.39. The third-order valence-corrected chi connectivity index (χ3v) is 2.41. The van der Waals surface area contributed by atoms with Gasteiger partial charge in [-0.2, -0.15) is 5.26 Å². The monoisotopic (exact) mass is 209 g/mol. The van der Waals surface area contributed by atoms with Crippen LogP contribution in [0.1, 0.15) is 5.56 Å². The average molecular weight is 209 g/mol. The van der Waals surface area contributed by atoms with E-state index in [0.717, 1.165) is 11.1 Å². The van der Waals surface area contributed by atoms with E-state index in [0.29, 0.717) is 16.9 Å². The number of anilines is 2. The van der Waals surface area contributed by atoms with Crippen LogP contribution in [0.15, 0.2) is 42.5 Å². The minimum absolute atomic E-state index is 0.586. The quantitative estimate of drug-likeness (QED) is 0.708. The molecule has 0 aliphatic carbocycles. The highest BCUT2D eigenvalue weighted by molar-refractivity contribution is 5.82. The van der Waals surface area contributed by atoms with Crippen LogP contribution in [-0.2, 0) is 0 Å². The number of hydrogen-bond acceptors (Lipinski definition) is 3. The van der Waals surface area contributed by atoms with E-state index in [1.807, 2.05) is 24.3 Å². The lowest BCUT2D eigenvalue weighted by Crippen LogP contribution is -1.94. The highest BCUT2D eigenvalue weighted by atomic mass is 14.6. The molecular weight excluding hydrogens is 198 g/mol. The standard InChI is InChI=1S/C13H11N3/c14-8-9-3-1-2-4-11(9)12-6-5-10(15)7-13(12)16/h1-7H,15-16H2. The summed E-state index contributed by atoms with van der Waals surface area (Å²) in [5, 5.41) is 9.01. The van der Waals surface area contributed by atoms with E-state index in [9.17, 15) is 0 Å². The van der Waals surface area contributed by atoms with E-state index in [4.69, 9.17) is 16.7 Å². The van der Waals surface area contributed by atoms with Crippen LogP contribution in [-0.4, -0.2) is 0 Å². The first kappa shape index (κ1) is 10.1. The number of nitrogens with zero attached hydrogens (tertiary/aromatic N) is 1. The van der Waals surface area contributed by atoms with Gasteiger partial charge in [0.15, 0.2) is 0 Å². The maximum absolute atomic E-state index is 9.01. The van der Waals surface area contributed by atoms with Crippen LogP contribution in [0, 0.1) is 11.3 Å². The molecular formula is C13H11N3. The molecule has 0 aliphatic heterocycles.